The van der Waals surface area contributed by atoms with E-state index in [0.717, 1.165) is 25.1 Å². The highest BCUT2D eigenvalue weighted by Gasteiger charge is 2.44. The Morgan fingerprint density at radius 3 is 3.00 bits per heavy atom. The molecule has 1 spiro atoms. The van der Waals surface area contributed by atoms with Gasteiger partial charge in [-0.25, -0.2) is 0 Å². The van der Waals surface area contributed by atoms with Crippen molar-refractivity contribution in [2.45, 2.75) is 43.7 Å². The van der Waals surface area contributed by atoms with E-state index in [1.165, 1.54) is 19.3 Å². The standard InChI is InChI=1S/C13H21N3O/c1-16-7-3-11(15-16)12(14)10-4-8-17-13(9-10)5-2-6-13/h3,7,10,12H,2,4-6,8-9,14H2,1H3. The minimum Gasteiger partial charge on any atom is -0.375 e. The first-order valence-electron chi connectivity index (χ1n) is 6.58. The van der Waals surface area contributed by atoms with E-state index in [9.17, 15) is 0 Å². The van der Waals surface area contributed by atoms with Gasteiger partial charge in [-0.15, -0.1) is 0 Å². The van der Waals surface area contributed by atoms with Crippen LogP contribution in [-0.4, -0.2) is 22.0 Å². The van der Waals surface area contributed by atoms with E-state index in [0.29, 0.717) is 5.92 Å². The SMILES string of the molecule is Cn1ccc(C(N)C2CCOC3(CCC3)C2)n1. The molecule has 0 aromatic carbocycles. The summed E-state index contributed by atoms with van der Waals surface area (Å²) < 4.78 is 7.77. The molecule has 0 bridgehead atoms. The van der Waals surface area contributed by atoms with Gasteiger partial charge < -0.3 is 10.5 Å². The van der Waals surface area contributed by atoms with Gasteiger partial charge in [0, 0.05) is 19.9 Å². The molecule has 0 radical (unpaired) electrons. The topological polar surface area (TPSA) is 53.1 Å². The fourth-order valence-electron chi connectivity index (χ4n) is 3.14. The molecule has 94 valence electrons. The molecule has 2 N–H and O–H groups in total. The molecule has 4 heteroatoms. The number of ether oxygens (including phenoxy) is 1. The van der Waals surface area contributed by atoms with E-state index in [4.69, 9.17) is 10.5 Å². The van der Waals surface area contributed by atoms with E-state index in [1.807, 2.05) is 24.0 Å². The molecule has 2 fully saturated rings. The van der Waals surface area contributed by atoms with Crippen LogP contribution in [0, 0.1) is 5.92 Å². The molecule has 2 aliphatic rings. The van der Waals surface area contributed by atoms with Crippen molar-refractivity contribution in [3.63, 3.8) is 0 Å². The summed E-state index contributed by atoms with van der Waals surface area (Å²) in [6.07, 6.45) is 7.90. The van der Waals surface area contributed by atoms with Crippen molar-refractivity contribution in [3.8, 4) is 0 Å². The van der Waals surface area contributed by atoms with Crippen LogP contribution >= 0.6 is 0 Å². The van der Waals surface area contributed by atoms with Crippen molar-refractivity contribution < 1.29 is 4.74 Å². The van der Waals surface area contributed by atoms with Crippen LogP contribution in [-0.2, 0) is 11.8 Å². The zero-order valence-electron chi connectivity index (χ0n) is 10.4. The Morgan fingerprint density at radius 2 is 2.41 bits per heavy atom. The van der Waals surface area contributed by atoms with Crippen molar-refractivity contribution in [1.29, 1.82) is 0 Å². The van der Waals surface area contributed by atoms with Crippen molar-refractivity contribution in [2.75, 3.05) is 6.61 Å². The van der Waals surface area contributed by atoms with Gasteiger partial charge in [-0.2, -0.15) is 5.10 Å². The van der Waals surface area contributed by atoms with Crippen LogP contribution in [0.15, 0.2) is 12.3 Å². The van der Waals surface area contributed by atoms with Crippen molar-refractivity contribution >= 4 is 0 Å². The summed E-state index contributed by atoms with van der Waals surface area (Å²) in [7, 11) is 1.94. The molecule has 2 atom stereocenters. The van der Waals surface area contributed by atoms with Gasteiger partial charge >= 0.3 is 0 Å². The highest BCUT2D eigenvalue weighted by Crippen LogP contribution is 2.46. The quantitative estimate of drug-likeness (QED) is 0.850. The predicted molar refractivity (Wildman–Crippen MR) is 65.4 cm³/mol. The minimum absolute atomic E-state index is 0.0672. The third-order valence-electron chi connectivity index (χ3n) is 4.38. The van der Waals surface area contributed by atoms with Gasteiger partial charge in [0.05, 0.1) is 17.3 Å². The van der Waals surface area contributed by atoms with Gasteiger partial charge in [0.1, 0.15) is 0 Å². The van der Waals surface area contributed by atoms with Gasteiger partial charge in [-0.1, -0.05) is 0 Å². The second kappa shape index (κ2) is 4.10. The summed E-state index contributed by atoms with van der Waals surface area (Å²) in [5, 5.41) is 4.43. The average molecular weight is 235 g/mol. The van der Waals surface area contributed by atoms with Crippen LogP contribution in [0.2, 0.25) is 0 Å². The molecular formula is C13H21N3O. The zero-order chi connectivity index (χ0) is 11.9. The van der Waals surface area contributed by atoms with E-state index in [2.05, 4.69) is 5.10 Å². The zero-order valence-corrected chi connectivity index (χ0v) is 10.4. The van der Waals surface area contributed by atoms with Crippen LogP contribution in [0.3, 0.4) is 0 Å². The van der Waals surface area contributed by atoms with Gasteiger partial charge in [-0.05, 0) is 44.1 Å². The molecule has 0 amide bonds. The first kappa shape index (κ1) is 11.2. The maximum absolute atomic E-state index is 6.35. The normalized spacial score (nSPS) is 28.9. The van der Waals surface area contributed by atoms with Gasteiger partial charge in [0.2, 0.25) is 0 Å². The Morgan fingerprint density at radius 1 is 1.59 bits per heavy atom. The summed E-state index contributed by atoms with van der Waals surface area (Å²) in [6, 6.07) is 2.10. The molecule has 2 heterocycles. The van der Waals surface area contributed by atoms with E-state index < -0.39 is 0 Å². The van der Waals surface area contributed by atoms with Gasteiger partial charge in [0.25, 0.3) is 0 Å². The van der Waals surface area contributed by atoms with Crippen LogP contribution < -0.4 is 5.73 Å². The van der Waals surface area contributed by atoms with Crippen LogP contribution in [0.1, 0.15) is 43.8 Å². The lowest BCUT2D eigenvalue weighted by Gasteiger charge is -2.48. The summed E-state index contributed by atoms with van der Waals surface area (Å²) in [5.41, 5.74) is 7.55. The minimum atomic E-state index is 0.0672. The lowest BCUT2D eigenvalue weighted by Crippen LogP contribution is -2.47. The molecule has 2 unspecified atom stereocenters. The predicted octanol–water partition coefficient (Wildman–Crippen LogP) is 1.77. The highest BCUT2D eigenvalue weighted by molar-refractivity contribution is 5.08. The van der Waals surface area contributed by atoms with E-state index >= 15 is 0 Å². The second-order valence-electron chi connectivity index (χ2n) is 5.58. The number of aromatic nitrogens is 2. The average Bonchev–Trinajstić information content (AvgIpc) is 2.73. The van der Waals surface area contributed by atoms with Crippen LogP contribution in [0.25, 0.3) is 0 Å². The molecule has 4 nitrogen and oxygen atoms in total. The lowest BCUT2D eigenvalue weighted by molar-refractivity contribution is -0.146. The maximum atomic E-state index is 6.35. The van der Waals surface area contributed by atoms with Crippen molar-refractivity contribution in [3.05, 3.63) is 18.0 Å². The fraction of sp³-hybridized carbons (Fsp3) is 0.769. The molecule has 1 aromatic heterocycles. The molecule has 3 rings (SSSR count). The Bertz CT molecular complexity index is 397. The number of aryl methyl sites for hydroxylation is 1. The molecule has 1 aliphatic heterocycles. The molecular weight excluding hydrogens is 214 g/mol. The molecule has 1 saturated heterocycles. The maximum Gasteiger partial charge on any atom is 0.0794 e. The van der Waals surface area contributed by atoms with Crippen LogP contribution in [0.5, 0.6) is 0 Å². The summed E-state index contributed by atoms with van der Waals surface area (Å²) >= 11 is 0. The monoisotopic (exact) mass is 235 g/mol. The molecule has 1 saturated carbocycles. The summed E-state index contributed by atoms with van der Waals surface area (Å²) in [5.74, 6) is 0.527. The smallest absolute Gasteiger partial charge is 0.0794 e. The Balaban J connectivity index is 1.71. The van der Waals surface area contributed by atoms with E-state index in [-0.39, 0.29) is 11.6 Å². The first-order valence-corrected chi connectivity index (χ1v) is 6.58. The number of hydrogen-bond acceptors (Lipinski definition) is 3. The van der Waals surface area contributed by atoms with Gasteiger partial charge in [-0.3, -0.25) is 4.68 Å². The third kappa shape index (κ3) is 2.00. The number of nitrogens with two attached hydrogens (primary N) is 1. The third-order valence-corrected chi connectivity index (χ3v) is 4.38. The Hall–Kier alpha value is -0.870. The van der Waals surface area contributed by atoms with E-state index in [1.54, 1.807) is 0 Å². The summed E-state index contributed by atoms with van der Waals surface area (Å²) in [4.78, 5) is 0. The molecule has 1 aromatic rings. The van der Waals surface area contributed by atoms with Crippen molar-refractivity contribution in [2.24, 2.45) is 18.7 Å². The largest absolute Gasteiger partial charge is 0.375 e. The first-order chi connectivity index (χ1) is 8.19. The summed E-state index contributed by atoms with van der Waals surface area (Å²) in [6.45, 7) is 0.866. The van der Waals surface area contributed by atoms with Crippen molar-refractivity contribution in [1.82, 2.24) is 9.78 Å². The Labute approximate surface area is 102 Å². The number of rotatable bonds is 2. The number of nitrogens with zero attached hydrogens (tertiary/aromatic N) is 2. The fourth-order valence-corrected chi connectivity index (χ4v) is 3.14. The van der Waals surface area contributed by atoms with Crippen LogP contribution in [0.4, 0.5) is 0 Å². The lowest BCUT2D eigenvalue weighted by atomic mass is 9.70. The number of hydrogen-bond donors (Lipinski definition) is 1. The second-order valence-corrected chi connectivity index (χ2v) is 5.58. The van der Waals surface area contributed by atoms with Gasteiger partial charge in [0.15, 0.2) is 0 Å². The Kier molecular flexibility index (Phi) is 2.71. The highest BCUT2D eigenvalue weighted by atomic mass is 16.5. The molecule has 1 aliphatic carbocycles. The molecule has 17 heavy (non-hydrogen) atoms.